The zero-order valence-corrected chi connectivity index (χ0v) is 51.9. The van der Waals surface area contributed by atoms with E-state index >= 15 is 0 Å². The van der Waals surface area contributed by atoms with Crippen LogP contribution in [-0.4, -0.2) is 87.5 Å². The Bertz CT molecular complexity index is 1380. The lowest BCUT2D eigenvalue weighted by molar-refractivity contribution is -0.302. The van der Waals surface area contributed by atoms with Crippen molar-refractivity contribution >= 4 is 5.91 Å². The predicted octanol–water partition coefficient (Wildman–Crippen LogP) is 18.4. The van der Waals surface area contributed by atoms with Gasteiger partial charge < -0.3 is 40.3 Å². The number of aliphatic hydroxyl groups is 5. The molecule has 1 saturated heterocycles. The molecule has 1 aliphatic heterocycles. The molecule has 0 aromatic heterocycles. The molecule has 7 unspecified atom stereocenters. The number of unbranched alkanes of at least 4 members (excludes halogenated alkanes) is 44. The highest BCUT2D eigenvalue weighted by atomic mass is 16.7. The molecule has 9 heteroatoms. The molecule has 464 valence electrons. The fraction of sp³-hybridized carbons (Fsp3) is 0.871. The molecule has 79 heavy (non-hydrogen) atoms. The molecule has 0 radical (unpaired) electrons. The zero-order chi connectivity index (χ0) is 57.2. The molecule has 6 N–H and O–H groups in total. The van der Waals surface area contributed by atoms with Crippen LogP contribution in [0, 0.1) is 0 Å². The molecule has 0 aromatic rings. The summed E-state index contributed by atoms with van der Waals surface area (Å²) < 4.78 is 11.3. The van der Waals surface area contributed by atoms with E-state index in [1.807, 2.05) is 6.08 Å². The fourth-order valence-electron chi connectivity index (χ4n) is 11.0. The van der Waals surface area contributed by atoms with Crippen molar-refractivity contribution in [1.82, 2.24) is 5.32 Å². The highest BCUT2D eigenvalue weighted by molar-refractivity contribution is 5.76. The van der Waals surface area contributed by atoms with E-state index in [1.54, 1.807) is 6.08 Å². The second-order valence-corrected chi connectivity index (χ2v) is 24.0. The van der Waals surface area contributed by atoms with Gasteiger partial charge in [-0.3, -0.25) is 4.79 Å². The first-order valence-electron chi connectivity index (χ1n) is 34.4. The Hall–Kier alpha value is -1.85. The summed E-state index contributed by atoms with van der Waals surface area (Å²) >= 11 is 0. The van der Waals surface area contributed by atoms with E-state index in [0.29, 0.717) is 6.42 Å². The van der Waals surface area contributed by atoms with Crippen LogP contribution in [0.1, 0.15) is 335 Å². The van der Waals surface area contributed by atoms with E-state index in [2.05, 4.69) is 55.6 Å². The van der Waals surface area contributed by atoms with E-state index in [9.17, 15) is 30.3 Å². The van der Waals surface area contributed by atoms with Gasteiger partial charge in [0.1, 0.15) is 24.4 Å². The molecular formula is C70H131NO8. The van der Waals surface area contributed by atoms with Crippen molar-refractivity contribution < 1.29 is 39.8 Å². The summed E-state index contributed by atoms with van der Waals surface area (Å²) in [6.07, 6.45) is 73.5. The standard InChI is InChI=1S/C70H131NO8/c1-3-5-7-9-11-13-15-17-19-21-23-25-27-29-31-32-34-36-38-40-42-44-46-48-50-52-54-56-58-60-66(74)71-63(62-78-70-69(77)68(76)67(75)65(61-72)79-70)64(73)59-57-55-53-51-49-47-45-43-41-39-37-35-33-30-28-26-24-22-20-18-16-14-12-10-8-6-4-2/h15,17,21,23,27,29,57,59,63-65,67-70,72-73,75-77H,3-14,16,18-20,22,24-26,28,30-56,58,60-62H2,1-2H3,(H,71,74)/b17-15-,23-21-,29-27-,59-57+. The lowest BCUT2D eigenvalue weighted by Gasteiger charge is -2.40. The minimum absolute atomic E-state index is 0.173. The smallest absolute Gasteiger partial charge is 0.220 e. The summed E-state index contributed by atoms with van der Waals surface area (Å²) in [6, 6.07) is -0.808. The van der Waals surface area contributed by atoms with E-state index in [-0.39, 0.29) is 12.5 Å². The van der Waals surface area contributed by atoms with Gasteiger partial charge in [-0.25, -0.2) is 0 Å². The van der Waals surface area contributed by atoms with Crippen molar-refractivity contribution in [2.24, 2.45) is 0 Å². The van der Waals surface area contributed by atoms with Crippen LogP contribution in [0.25, 0.3) is 0 Å². The Labute approximate surface area is 488 Å². The number of nitrogens with one attached hydrogen (secondary N) is 1. The Morgan fingerprint density at radius 2 is 0.747 bits per heavy atom. The molecule has 0 aromatic carbocycles. The molecule has 1 heterocycles. The van der Waals surface area contributed by atoms with Crippen molar-refractivity contribution in [2.45, 2.75) is 378 Å². The number of aliphatic hydroxyl groups excluding tert-OH is 5. The first-order valence-corrected chi connectivity index (χ1v) is 34.4. The number of allylic oxidation sites excluding steroid dienone is 7. The van der Waals surface area contributed by atoms with E-state index in [1.165, 1.54) is 263 Å². The maximum atomic E-state index is 13.1. The monoisotopic (exact) mass is 1110 g/mol. The van der Waals surface area contributed by atoms with Gasteiger partial charge in [0.05, 0.1) is 25.4 Å². The lowest BCUT2D eigenvalue weighted by Crippen LogP contribution is -2.60. The number of hydrogen-bond donors (Lipinski definition) is 6. The number of carbonyl (C=O) groups is 1. The van der Waals surface area contributed by atoms with Crippen LogP contribution in [0.2, 0.25) is 0 Å². The summed E-state index contributed by atoms with van der Waals surface area (Å²) in [7, 11) is 0. The topological polar surface area (TPSA) is 149 Å². The van der Waals surface area contributed by atoms with Crippen LogP contribution in [0.3, 0.4) is 0 Å². The molecule has 1 rings (SSSR count). The van der Waals surface area contributed by atoms with Gasteiger partial charge in [0.15, 0.2) is 6.29 Å². The maximum Gasteiger partial charge on any atom is 0.220 e. The number of carbonyl (C=O) groups excluding carboxylic acids is 1. The molecule has 0 bridgehead atoms. The molecule has 0 saturated carbocycles. The molecule has 7 atom stereocenters. The van der Waals surface area contributed by atoms with Crippen molar-refractivity contribution in [2.75, 3.05) is 13.2 Å². The SMILES string of the molecule is CCCCCCC/C=C\C/C=C\C/C=C\CCCCCCCCCCCCCCCCC(=O)NC(COC1OC(CO)C(O)C(O)C1O)C(O)/C=C/CCCCCCCCCCCCCCCCCCCCCCCCCCC. The van der Waals surface area contributed by atoms with Crippen molar-refractivity contribution in [3.8, 4) is 0 Å². The lowest BCUT2D eigenvalue weighted by atomic mass is 9.99. The third-order valence-corrected chi connectivity index (χ3v) is 16.4. The van der Waals surface area contributed by atoms with E-state index in [0.717, 1.165) is 51.4 Å². The van der Waals surface area contributed by atoms with Gasteiger partial charge in [-0.05, 0) is 57.8 Å². The number of rotatable bonds is 60. The number of amides is 1. The van der Waals surface area contributed by atoms with Gasteiger partial charge in [-0.2, -0.15) is 0 Å². The highest BCUT2D eigenvalue weighted by Gasteiger charge is 2.44. The average Bonchev–Trinajstić information content (AvgIpc) is 3.47. The van der Waals surface area contributed by atoms with Crippen LogP contribution in [0.4, 0.5) is 0 Å². The fourth-order valence-corrected chi connectivity index (χ4v) is 11.0. The Morgan fingerprint density at radius 3 is 1.10 bits per heavy atom. The van der Waals surface area contributed by atoms with Gasteiger partial charge in [0.25, 0.3) is 0 Å². The largest absolute Gasteiger partial charge is 0.394 e. The zero-order valence-electron chi connectivity index (χ0n) is 51.9. The Balaban J connectivity index is 2.15. The Morgan fingerprint density at radius 1 is 0.430 bits per heavy atom. The second kappa shape index (κ2) is 59.3. The minimum atomic E-state index is -1.57. The predicted molar refractivity (Wildman–Crippen MR) is 336 cm³/mol. The molecular weight excluding hydrogens is 983 g/mol. The number of ether oxygens (including phenoxy) is 2. The average molecular weight is 1110 g/mol. The van der Waals surface area contributed by atoms with Gasteiger partial charge in [-0.1, -0.05) is 319 Å². The van der Waals surface area contributed by atoms with Gasteiger partial charge in [-0.15, -0.1) is 0 Å². The highest BCUT2D eigenvalue weighted by Crippen LogP contribution is 2.23. The molecule has 1 aliphatic rings. The molecule has 0 spiro atoms. The van der Waals surface area contributed by atoms with E-state index < -0.39 is 49.5 Å². The molecule has 1 fully saturated rings. The van der Waals surface area contributed by atoms with Gasteiger partial charge >= 0.3 is 0 Å². The summed E-state index contributed by atoms with van der Waals surface area (Å²) in [4.78, 5) is 13.1. The Kier molecular flexibility index (Phi) is 56.4. The van der Waals surface area contributed by atoms with Crippen LogP contribution in [0.15, 0.2) is 48.6 Å². The third-order valence-electron chi connectivity index (χ3n) is 16.4. The van der Waals surface area contributed by atoms with Crippen LogP contribution in [-0.2, 0) is 14.3 Å². The van der Waals surface area contributed by atoms with Crippen molar-refractivity contribution in [3.63, 3.8) is 0 Å². The quantitative estimate of drug-likeness (QED) is 0.0261. The number of hydrogen-bond acceptors (Lipinski definition) is 8. The van der Waals surface area contributed by atoms with E-state index in [4.69, 9.17) is 9.47 Å². The van der Waals surface area contributed by atoms with Crippen LogP contribution in [0.5, 0.6) is 0 Å². The normalized spacial score (nSPS) is 18.8. The third kappa shape index (κ3) is 48.3. The van der Waals surface area contributed by atoms with Gasteiger partial charge in [0, 0.05) is 6.42 Å². The van der Waals surface area contributed by atoms with Crippen molar-refractivity contribution in [1.29, 1.82) is 0 Å². The second-order valence-electron chi connectivity index (χ2n) is 24.0. The maximum absolute atomic E-state index is 13.1. The summed E-state index contributed by atoms with van der Waals surface area (Å²) in [5.41, 5.74) is 0. The summed E-state index contributed by atoms with van der Waals surface area (Å²) in [5, 5.41) is 54.8. The van der Waals surface area contributed by atoms with Crippen molar-refractivity contribution in [3.05, 3.63) is 48.6 Å². The summed E-state index contributed by atoms with van der Waals surface area (Å²) in [5.74, 6) is -0.173. The van der Waals surface area contributed by atoms with Gasteiger partial charge in [0.2, 0.25) is 5.91 Å². The molecule has 0 aliphatic carbocycles. The molecule has 1 amide bonds. The summed E-state index contributed by atoms with van der Waals surface area (Å²) in [6.45, 7) is 3.81. The van der Waals surface area contributed by atoms with Crippen LogP contribution >= 0.6 is 0 Å². The minimum Gasteiger partial charge on any atom is -0.394 e. The molecule has 9 nitrogen and oxygen atoms in total. The van der Waals surface area contributed by atoms with Crippen LogP contribution < -0.4 is 5.32 Å². The first-order chi connectivity index (χ1) is 38.8. The first kappa shape index (κ1) is 75.2.